The largest absolute Gasteiger partial charge is 0.489 e. The first-order valence-electron chi connectivity index (χ1n) is 6.52. The van der Waals surface area contributed by atoms with Crippen molar-refractivity contribution in [2.24, 2.45) is 0 Å². The van der Waals surface area contributed by atoms with E-state index in [9.17, 15) is 0 Å². The van der Waals surface area contributed by atoms with Crippen molar-refractivity contribution in [3.05, 3.63) is 64.7 Å². The van der Waals surface area contributed by atoms with E-state index in [0.29, 0.717) is 11.2 Å². The molecule has 104 valence electrons. The monoisotopic (exact) mass is 322 g/mol. The van der Waals surface area contributed by atoms with Gasteiger partial charge in [0.15, 0.2) is 0 Å². The molecule has 2 aromatic carbocycles. The molecular weight excluding hydrogens is 308 g/mol. The summed E-state index contributed by atoms with van der Waals surface area (Å²) in [6.45, 7) is 0.548. The molecule has 0 spiro atoms. The van der Waals surface area contributed by atoms with Gasteiger partial charge in [0.05, 0.1) is 4.58 Å². The molecule has 3 rings (SSSR count). The van der Waals surface area contributed by atoms with Gasteiger partial charge in [-0.15, -0.1) is 23.5 Å². The number of ether oxygens (including phenoxy) is 1. The molecule has 0 atom stereocenters. The van der Waals surface area contributed by atoms with Gasteiger partial charge in [-0.1, -0.05) is 35.9 Å². The molecule has 0 bridgehead atoms. The van der Waals surface area contributed by atoms with Gasteiger partial charge >= 0.3 is 0 Å². The van der Waals surface area contributed by atoms with Crippen LogP contribution in [0.25, 0.3) is 0 Å². The number of rotatable bonds is 4. The lowest BCUT2D eigenvalue weighted by atomic mass is 10.2. The molecule has 4 heteroatoms. The molecule has 0 radical (unpaired) electrons. The van der Waals surface area contributed by atoms with Gasteiger partial charge in [0.1, 0.15) is 12.4 Å². The molecule has 1 fully saturated rings. The highest BCUT2D eigenvalue weighted by atomic mass is 35.5. The first-order chi connectivity index (χ1) is 9.81. The maximum Gasteiger partial charge on any atom is 0.119 e. The molecule has 0 aliphatic carbocycles. The lowest BCUT2D eigenvalue weighted by Crippen LogP contribution is -1.95. The van der Waals surface area contributed by atoms with Crippen LogP contribution < -0.4 is 4.74 Å². The summed E-state index contributed by atoms with van der Waals surface area (Å²) in [6.07, 6.45) is 0. The average molecular weight is 323 g/mol. The van der Waals surface area contributed by atoms with Crippen LogP contribution in [0.4, 0.5) is 0 Å². The van der Waals surface area contributed by atoms with Crippen molar-refractivity contribution in [3.8, 4) is 5.75 Å². The first-order valence-corrected chi connectivity index (χ1v) is 8.99. The topological polar surface area (TPSA) is 9.23 Å². The van der Waals surface area contributed by atoms with Crippen LogP contribution >= 0.6 is 35.1 Å². The zero-order valence-corrected chi connectivity index (χ0v) is 13.3. The third-order valence-corrected chi connectivity index (χ3v) is 6.41. The quantitative estimate of drug-likeness (QED) is 0.746. The summed E-state index contributed by atoms with van der Waals surface area (Å²) in [5, 5.41) is 0.747. The minimum atomic E-state index is 0.548. The number of benzene rings is 2. The molecule has 1 heterocycles. The van der Waals surface area contributed by atoms with Crippen molar-refractivity contribution >= 4 is 35.1 Å². The molecule has 1 aliphatic heterocycles. The molecule has 20 heavy (non-hydrogen) atoms. The van der Waals surface area contributed by atoms with Gasteiger partial charge in [0.2, 0.25) is 0 Å². The number of hydrogen-bond acceptors (Lipinski definition) is 3. The Hall–Kier alpha value is -0.770. The van der Waals surface area contributed by atoms with E-state index in [1.165, 1.54) is 17.1 Å². The molecule has 1 nitrogen and oxygen atoms in total. The molecule has 1 saturated heterocycles. The summed E-state index contributed by atoms with van der Waals surface area (Å²) in [6, 6.07) is 16.2. The van der Waals surface area contributed by atoms with E-state index in [-0.39, 0.29) is 0 Å². The SMILES string of the molecule is Clc1cccc(COc2ccc(C3SCCS3)cc2)c1. The minimum absolute atomic E-state index is 0.548. The summed E-state index contributed by atoms with van der Waals surface area (Å²) in [7, 11) is 0. The van der Waals surface area contributed by atoms with Crippen LogP contribution in [-0.2, 0) is 6.61 Å². The van der Waals surface area contributed by atoms with Gasteiger partial charge in [-0.25, -0.2) is 0 Å². The van der Waals surface area contributed by atoms with E-state index in [1.54, 1.807) is 0 Å². The summed E-state index contributed by atoms with van der Waals surface area (Å²) in [5.41, 5.74) is 2.47. The Morgan fingerprint density at radius 2 is 1.80 bits per heavy atom. The lowest BCUT2D eigenvalue weighted by Gasteiger charge is -2.10. The molecule has 2 aromatic rings. The fourth-order valence-electron chi connectivity index (χ4n) is 2.07. The molecule has 0 saturated carbocycles. The predicted molar refractivity (Wildman–Crippen MR) is 89.9 cm³/mol. The average Bonchev–Trinajstić information content (AvgIpc) is 3.00. The van der Waals surface area contributed by atoms with Crippen molar-refractivity contribution in [3.63, 3.8) is 0 Å². The fourth-order valence-corrected chi connectivity index (χ4v) is 5.14. The summed E-state index contributed by atoms with van der Waals surface area (Å²) >= 11 is 10.0. The van der Waals surface area contributed by atoms with Crippen LogP contribution in [0.3, 0.4) is 0 Å². The Labute approximate surface area is 133 Å². The van der Waals surface area contributed by atoms with Crippen LogP contribution in [0.5, 0.6) is 5.75 Å². The normalized spacial score (nSPS) is 15.4. The lowest BCUT2D eigenvalue weighted by molar-refractivity contribution is 0.306. The highest BCUT2D eigenvalue weighted by Gasteiger charge is 2.17. The standard InChI is InChI=1S/C16H15ClOS2/c17-14-3-1-2-12(10-14)11-18-15-6-4-13(5-7-15)16-19-8-9-20-16/h1-7,10,16H,8-9,11H2. The Balaban J connectivity index is 1.60. The van der Waals surface area contributed by atoms with Crippen molar-refractivity contribution in [1.29, 1.82) is 0 Å². The van der Waals surface area contributed by atoms with Gasteiger partial charge in [0, 0.05) is 16.5 Å². The maximum absolute atomic E-state index is 5.96. The van der Waals surface area contributed by atoms with Crippen LogP contribution in [0.1, 0.15) is 15.7 Å². The van der Waals surface area contributed by atoms with Crippen molar-refractivity contribution in [1.82, 2.24) is 0 Å². The Morgan fingerprint density at radius 1 is 1.05 bits per heavy atom. The van der Waals surface area contributed by atoms with E-state index in [1.807, 2.05) is 47.8 Å². The second kappa shape index (κ2) is 6.79. The van der Waals surface area contributed by atoms with Crippen LogP contribution in [0.2, 0.25) is 5.02 Å². The van der Waals surface area contributed by atoms with Gasteiger partial charge in [-0.05, 0) is 35.4 Å². The van der Waals surface area contributed by atoms with Gasteiger partial charge in [-0.2, -0.15) is 0 Å². The Kier molecular flexibility index (Phi) is 4.81. The van der Waals surface area contributed by atoms with E-state index >= 15 is 0 Å². The van der Waals surface area contributed by atoms with Crippen LogP contribution in [-0.4, -0.2) is 11.5 Å². The van der Waals surface area contributed by atoms with E-state index in [4.69, 9.17) is 16.3 Å². The van der Waals surface area contributed by atoms with Crippen LogP contribution in [0, 0.1) is 0 Å². The van der Waals surface area contributed by atoms with E-state index in [2.05, 4.69) is 24.3 Å². The van der Waals surface area contributed by atoms with Gasteiger partial charge in [-0.3, -0.25) is 0 Å². The zero-order valence-electron chi connectivity index (χ0n) is 10.9. The maximum atomic E-state index is 5.96. The van der Waals surface area contributed by atoms with E-state index < -0.39 is 0 Å². The number of thioether (sulfide) groups is 2. The van der Waals surface area contributed by atoms with Crippen molar-refractivity contribution in [2.45, 2.75) is 11.2 Å². The summed E-state index contributed by atoms with van der Waals surface area (Å²) in [4.78, 5) is 0. The molecule has 0 unspecified atom stereocenters. The highest BCUT2D eigenvalue weighted by Crippen LogP contribution is 2.45. The molecule has 0 aromatic heterocycles. The second-order valence-corrected chi connectivity index (χ2v) is 7.72. The van der Waals surface area contributed by atoms with Gasteiger partial charge in [0.25, 0.3) is 0 Å². The Morgan fingerprint density at radius 3 is 2.50 bits per heavy atom. The van der Waals surface area contributed by atoms with Crippen LogP contribution in [0.15, 0.2) is 48.5 Å². The molecule has 1 aliphatic rings. The third-order valence-electron chi connectivity index (χ3n) is 3.07. The molecule has 0 N–H and O–H groups in total. The van der Waals surface area contributed by atoms with E-state index in [0.717, 1.165) is 16.3 Å². The first kappa shape index (κ1) is 14.2. The second-order valence-electron chi connectivity index (χ2n) is 4.56. The molecular formula is C16H15ClOS2. The van der Waals surface area contributed by atoms with Crippen molar-refractivity contribution < 1.29 is 4.74 Å². The molecule has 0 amide bonds. The zero-order chi connectivity index (χ0) is 13.8. The number of halogens is 1. The summed E-state index contributed by atoms with van der Waals surface area (Å²) in [5.74, 6) is 3.41. The smallest absolute Gasteiger partial charge is 0.119 e. The van der Waals surface area contributed by atoms with Crippen molar-refractivity contribution in [2.75, 3.05) is 11.5 Å². The minimum Gasteiger partial charge on any atom is -0.489 e. The fraction of sp³-hybridized carbons (Fsp3) is 0.250. The predicted octanol–water partition coefficient (Wildman–Crippen LogP) is 5.40. The number of hydrogen-bond donors (Lipinski definition) is 0. The third kappa shape index (κ3) is 3.66. The summed E-state index contributed by atoms with van der Waals surface area (Å²) < 4.78 is 6.39. The highest BCUT2D eigenvalue weighted by molar-refractivity contribution is 8.19. The Bertz CT molecular complexity index is 565. The van der Waals surface area contributed by atoms with Gasteiger partial charge < -0.3 is 4.74 Å².